The Morgan fingerprint density at radius 3 is 2.15 bits per heavy atom. The number of phenols is 2. The summed E-state index contributed by atoms with van der Waals surface area (Å²) in [5, 5.41) is 102. The van der Waals surface area contributed by atoms with Crippen molar-refractivity contribution in [2.75, 3.05) is 19.8 Å². The van der Waals surface area contributed by atoms with Crippen LogP contribution >= 0.6 is 0 Å². The highest BCUT2D eigenvalue weighted by Gasteiger charge is 2.52. The topological polar surface area (TPSA) is 258 Å². The normalized spacial score (nSPS) is 43.6. The highest BCUT2D eigenvalue weighted by atomic mass is 16.8. The van der Waals surface area contributed by atoms with Crippen molar-refractivity contribution in [1.29, 1.82) is 0 Å². The lowest BCUT2D eigenvalue weighted by Crippen LogP contribution is -2.65. The van der Waals surface area contributed by atoms with Crippen LogP contribution in [0.2, 0.25) is 0 Å². The van der Waals surface area contributed by atoms with Crippen LogP contribution in [0, 0.1) is 0 Å². The van der Waals surface area contributed by atoms with E-state index in [0.717, 1.165) is 0 Å². The summed E-state index contributed by atoms with van der Waals surface area (Å²) < 4.78 is 33.5. The van der Waals surface area contributed by atoms with E-state index in [1.807, 2.05) is 0 Å². The lowest BCUT2D eigenvalue weighted by atomic mass is 9.97. The molecule has 1 aromatic rings. The summed E-state index contributed by atoms with van der Waals surface area (Å²) in [6, 6.07) is 4.18. The first kappa shape index (κ1) is 32.2. The van der Waals surface area contributed by atoms with Crippen LogP contribution in [-0.2, 0) is 34.8 Å². The molecule has 234 valence electrons. The zero-order valence-electron chi connectivity index (χ0n) is 22.1. The summed E-state index contributed by atoms with van der Waals surface area (Å²) in [4.78, 5) is 0. The van der Waals surface area contributed by atoms with E-state index in [-0.39, 0.29) is 24.5 Å². The maximum absolute atomic E-state index is 11.0. The van der Waals surface area contributed by atoms with Crippen LogP contribution in [0.15, 0.2) is 18.2 Å². The van der Waals surface area contributed by atoms with E-state index in [1.54, 1.807) is 6.07 Å². The molecular formula is C25H38O16. The van der Waals surface area contributed by atoms with Crippen molar-refractivity contribution in [3.8, 4) is 11.5 Å². The van der Waals surface area contributed by atoms with Gasteiger partial charge >= 0.3 is 0 Å². The van der Waals surface area contributed by atoms with Crippen molar-refractivity contribution in [1.82, 2.24) is 0 Å². The molecule has 16 nitrogen and oxygen atoms in total. The number of aliphatic hydroxyl groups is 8. The van der Waals surface area contributed by atoms with Gasteiger partial charge in [0, 0.05) is 0 Å². The Kier molecular flexibility index (Phi) is 10.8. The average Bonchev–Trinajstić information content (AvgIpc) is 2.94. The van der Waals surface area contributed by atoms with Gasteiger partial charge in [-0.3, -0.25) is 0 Å². The molecule has 10 N–H and O–H groups in total. The summed E-state index contributed by atoms with van der Waals surface area (Å²) in [6.07, 6.45) is -21.0. The maximum Gasteiger partial charge on any atom is 0.187 e. The Morgan fingerprint density at radius 1 is 0.756 bits per heavy atom. The highest BCUT2D eigenvalue weighted by molar-refractivity contribution is 5.40. The molecule has 3 heterocycles. The number of aromatic hydroxyl groups is 2. The molecule has 1 aromatic carbocycles. The van der Waals surface area contributed by atoms with Gasteiger partial charge in [-0.15, -0.1) is 0 Å². The molecule has 0 spiro atoms. The number of ether oxygens (including phenoxy) is 6. The Labute approximate surface area is 234 Å². The van der Waals surface area contributed by atoms with Gasteiger partial charge in [-0.2, -0.15) is 0 Å². The van der Waals surface area contributed by atoms with Gasteiger partial charge in [0.25, 0.3) is 0 Å². The maximum atomic E-state index is 11.0. The molecule has 0 bridgehead atoms. The molecule has 14 atom stereocenters. The molecule has 0 saturated carbocycles. The fourth-order valence-electron chi connectivity index (χ4n) is 4.83. The fraction of sp³-hybridized carbons (Fsp3) is 0.760. The van der Waals surface area contributed by atoms with Crippen LogP contribution in [0.3, 0.4) is 0 Å². The standard InChI is InChI=1S/C25H38O16/c1-9-15(30)18(33)22(41-23-19(34)16(31)13(29)8-37-23)25(38-9)40-21-17(32)14(7-26)39-24(20(21)35)36-5-4-10-2-3-11(27)12(28)6-10/h2-3,6,9,13-35H,4-5,7-8H2,1H3/t9-,13-,14+,15-,16-,17+,18+,19+,20+,21-,22+,23-,24+,25-/m0/s1. The van der Waals surface area contributed by atoms with Crippen molar-refractivity contribution in [2.45, 2.75) is 99.4 Å². The first-order valence-corrected chi connectivity index (χ1v) is 13.2. The molecule has 0 aliphatic carbocycles. The minimum atomic E-state index is -1.74. The predicted octanol–water partition coefficient (Wildman–Crippen LogP) is -4.23. The third-order valence-electron chi connectivity index (χ3n) is 7.36. The number of phenolic OH excluding ortho intramolecular Hbond substituents is 2. The third kappa shape index (κ3) is 7.09. The molecule has 0 radical (unpaired) electrons. The smallest absolute Gasteiger partial charge is 0.187 e. The average molecular weight is 595 g/mol. The third-order valence-corrected chi connectivity index (χ3v) is 7.36. The number of hydrogen-bond donors (Lipinski definition) is 10. The van der Waals surface area contributed by atoms with E-state index in [1.165, 1.54) is 19.1 Å². The summed E-state index contributed by atoms with van der Waals surface area (Å²) in [5.41, 5.74) is 0.596. The van der Waals surface area contributed by atoms with Gasteiger partial charge in [0.15, 0.2) is 30.4 Å². The molecule has 3 saturated heterocycles. The molecule has 4 rings (SSSR count). The number of hydrogen-bond acceptors (Lipinski definition) is 16. The molecule has 41 heavy (non-hydrogen) atoms. The van der Waals surface area contributed by atoms with Gasteiger partial charge in [0.1, 0.15) is 61.0 Å². The van der Waals surface area contributed by atoms with Crippen LogP contribution < -0.4 is 0 Å². The van der Waals surface area contributed by atoms with Crippen molar-refractivity contribution >= 4 is 0 Å². The summed E-state index contributed by atoms with van der Waals surface area (Å²) in [5.74, 6) is -0.617. The van der Waals surface area contributed by atoms with Gasteiger partial charge in [-0.25, -0.2) is 0 Å². The van der Waals surface area contributed by atoms with Crippen LogP contribution in [0.4, 0.5) is 0 Å². The zero-order chi connectivity index (χ0) is 30.0. The molecular weight excluding hydrogens is 556 g/mol. The Bertz CT molecular complexity index is 983. The highest BCUT2D eigenvalue weighted by Crippen LogP contribution is 2.32. The van der Waals surface area contributed by atoms with E-state index in [0.29, 0.717) is 5.56 Å². The summed E-state index contributed by atoms with van der Waals surface area (Å²) >= 11 is 0. The second-order valence-electron chi connectivity index (χ2n) is 10.3. The second-order valence-corrected chi connectivity index (χ2v) is 10.3. The SMILES string of the molecule is C[C@@H]1O[C@@H](O[C@@H]2[C@@H](O)[C@H](OCCc3ccc(O)c(O)c3)O[C@H](CO)[C@H]2O)[C@H](O[C@@H]2OC[C@H](O)[C@H](O)[C@H]2O)[C@H](O)[C@H]1O. The van der Waals surface area contributed by atoms with E-state index in [9.17, 15) is 51.1 Å². The molecule has 3 fully saturated rings. The van der Waals surface area contributed by atoms with Gasteiger partial charge < -0.3 is 79.5 Å². The lowest BCUT2D eigenvalue weighted by molar-refractivity contribution is -0.381. The Hall–Kier alpha value is -1.74. The van der Waals surface area contributed by atoms with Gasteiger partial charge in [-0.1, -0.05) is 6.07 Å². The van der Waals surface area contributed by atoms with Crippen molar-refractivity contribution in [2.24, 2.45) is 0 Å². The molecule has 16 heteroatoms. The Morgan fingerprint density at radius 2 is 1.46 bits per heavy atom. The quantitative estimate of drug-likeness (QED) is 0.121. The van der Waals surface area contributed by atoms with Crippen LogP contribution in [0.1, 0.15) is 12.5 Å². The van der Waals surface area contributed by atoms with E-state index in [2.05, 4.69) is 0 Å². The fourth-order valence-corrected chi connectivity index (χ4v) is 4.83. The zero-order valence-corrected chi connectivity index (χ0v) is 22.1. The number of benzene rings is 1. The van der Waals surface area contributed by atoms with Crippen molar-refractivity contribution in [3.63, 3.8) is 0 Å². The minimum absolute atomic E-state index is 0.0500. The predicted molar refractivity (Wildman–Crippen MR) is 131 cm³/mol. The largest absolute Gasteiger partial charge is 0.504 e. The molecule has 0 aromatic heterocycles. The minimum Gasteiger partial charge on any atom is -0.504 e. The monoisotopic (exact) mass is 594 g/mol. The van der Waals surface area contributed by atoms with Crippen LogP contribution in [0.5, 0.6) is 11.5 Å². The first-order chi connectivity index (χ1) is 19.4. The van der Waals surface area contributed by atoms with Crippen LogP contribution in [-0.4, -0.2) is 157 Å². The second kappa shape index (κ2) is 13.7. The van der Waals surface area contributed by atoms with Gasteiger partial charge in [0.2, 0.25) is 0 Å². The van der Waals surface area contributed by atoms with E-state index >= 15 is 0 Å². The number of rotatable bonds is 9. The van der Waals surface area contributed by atoms with Crippen molar-refractivity contribution < 1.29 is 79.5 Å². The molecule has 0 unspecified atom stereocenters. The van der Waals surface area contributed by atoms with Crippen molar-refractivity contribution in [3.05, 3.63) is 23.8 Å². The van der Waals surface area contributed by atoms with Gasteiger partial charge in [-0.05, 0) is 31.0 Å². The summed E-state index contributed by atoms with van der Waals surface area (Å²) in [7, 11) is 0. The summed E-state index contributed by atoms with van der Waals surface area (Å²) in [6.45, 7) is 0.277. The molecule has 3 aliphatic heterocycles. The van der Waals surface area contributed by atoms with Crippen LogP contribution in [0.25, 0.3) is 0 Å². The first-order valence-electron chi connectivity index (χ1n) is 13.2. The van der Waals surface area contributed by atoms with E-state index < -0.39 is 99.2 Å². The van der Waals surface area contributed by atoms with E-state index in [4.69, 9.17) is 28.4 Å². The molecule has 3 aliphatic rings. The number of aliphatic hydroxyl groups excluding tert-OH is 8. The van der Waals surface area contributed by atoms with Gasteiger partial charge in [0.05, 0.1) is 25.9 Å². The Balaban J connectivity index is 1.47. The lowest BCUT2D eigenvalue weighted by Gasteiger charge is -2.47. The molecule has 0 amide bonds.